The Balaban J connectivity index is 1.72. The van der Waals surface area contributed by atoms with Crippen LogP contribution in [0.4, 0.5) is 0 Å². The van der Waals surface area contributed by atoms with Gasteiger partial charge in [-0.3, -0.25) is 14.6 Å². The lowest BCUT2D eigenvalue weighted by molar-refractivity contribution is 0.0743. The topological polar surface area (TPSA) is 68.1 Å². The van der Waals surface area contributed by atoms with Crippen LogP contribution in [0.25, 0.3) is 11.3 Å². The monoisotopic (exact) mass is 376 g/mol. The molecular weight excluding hydrogens is 352 g/mol. The van der Waals surface area contributed by atoms with Gasteiger partial charge in [-0.15, -0.1) is 0 Å². The molecule has 0 aliphatic heterocycles. The zero-order valence-electron chi connectivity index (χ0n) is 16.6. The van der Waals surface area contributed by atoms with Crippen molar-refractivity contribution in [1.29, 1.82) is 0 Å². The largest absolute Gasteiger partial charge is 0.339 e. The van der Waals surface area contributed by atoms with Crippen LogP contribution in [0.2, 0.25) is 0 Å². The summed E-state index contributed by atoms with van der Waals surface area (Å²) in [4.78, 5) is 30.4. The summed E-state index contributed by atoms with van der Waals surface area (Å²) in [5.74, 6) is -0.0416. The lowest BCUT2D eigenvalue weighted by Gasteiger charge is -2.25. The summed E-state index contributed by atoms with van der Waals surface area (Å²) in [6.45, 7) is 4.05. The fourth-order valence-electron chi connectivity index (χ4n) is 2.99. The molecule has 0 saturated carbocycles. The number of amides is 1. The van der Waals surface area contributed by atoms with Crippen molar-refractivity contribution in [3.63, 3.8) is 0 Å². The van der Waals surface area contributed by atoms with Gasteiger partial charge in [0.2, 0.25) is 0 Å². The summed E-state index contributed by atoms with van der Waals surface area (Å²) in [5.41, 5.74) is 4.13. The number of pyridine rings is 1. The number of rotatable bonds is 5. The molecule has 0 aliphatic rings. The van der Waals surface area contributed by atoms with Gasteiger partial charge in [0.25, 0.3) is 11.5 Å². The molecule has 0 saturated heterocycles. The molecule has 6 heteroatoms. The van der Waals surface area contributed by atoms with Crippen molar-refractivity contribution in [3.05, 3.63) is 81.9 Å². The second kappa shape index (κ2) is 8.17. The van der Waals surface area contributed by atoms with E-state index in [2.05, 4.69) is 10.1 Å². The molecule has 2 aromatic heterocycles. The van der Waals surface area contributed by atoms with Crippen LogP contribution in [0, 0.1) is 6.92 Å². The number of aryl methyl sites for hydroxylation is 2. The second-order valence-corrected chi connectivity index (χ2v) is 7.05. The van der Waals surface area contributed by atoms with E-state index in [4.69, 9.17) is 0 Å². The Hall–Kier alpha value is -3.28. The molecule has 0 fully saturated rings. The maximum atomic E-state index is 12.8. The molecule has 2 heterocycles. The first-order valence-electron chi connectivity index (χ1n) is 9.18. The van der Waals surface area contributed by atoms with Crippen LogP contribution in [-0.2, 0) is 13.5 Å². The average molecular weight is 376 g/mol. The molecule has 0 spiro atoms. The van der Waals surface area contributed by atoms with Gasteiger partial charge in [0.1, 0.15) is 0 Å². The highest BCUT2D eigenvalue weighted by atomic mass is 16.2. The Bertz CT molecular complexity index is 1040. The molecule has 3 aromatic rings. The summed E-state index contributed by atoms with van der Waals surface area (Å²) < 4.78 is 1.29. The molecular formula is C22H24N4O2. The van der Waals surface area contributed by atoms with E-state index < -0.39 is 0 Å². The quantitative estimate of drug-likeness (QED) is 0.687. The predicted octanol–water partition coefficient (Wildman–Crippen LogP) is 2.85. The fraction of sp³-hybridized carbons (Fsp3) is 0.273. The van der Waals surface area contributed by atoms with Crippen LogP contribution < -0.4 is 5.56 Å². The lowest BCUT2D eigenvalue weighted by Crippen LogP contribution is -2.36. The second-order valence-electron chi connectivity index (χ2n) is 7.05. The summed E-state index contributed by atoms with van der Waals surface area (Å²) in [7, 11) is 3.43. The fourth-order valence-corrected chi connectivity index (χ4v) is 2.99. The summed E-state index contributed by atoms with van der Waals surface area (Å²) in [6.07, 6.45) is 2.50. The maximum Gasteiger partial charge on any atom is 0.266 e. The number of carbonyl (C=O) groups excluding carboxylic acids is 1. The number of benzene rings is 1. The third kappa shape index (κ3) is 4.34. The molecule has 28 heavy (non-hydrogen) atoms. The number of aromatic nitrogens is 3. The van der Waals surface area contributed by atoms with Gasteiger partial charge in [0, 0.05) is 55.6 Å². The number of hydrogen-bond donors (Lipinski definition) is 0. The van der Waals surface area contributed by atoms with Crippen molar-refractivity contribution < 1.29 is 4.79 Å². The zero-order chi connectivity index (χ0) is 20.3. The van der Waals surface area contributed by atoms with Crippen molar-refractivity contribution in [1.82, 2.24) is 19.7 Å². The van der Waals surface area contributed by atoms with Crippen molar-refractivity contribution in [2.45, 2.75) is 26.3 Å². The molecule has 1 atom stereocenters. The molecule has 0 bridgehead atoms. The third-order valence-corrected chi connectivity index (χ3v) is 4.85. The van der Waals surface area contributed by atoms with Crippen LogP contribution in [0.1, 0.15) is 28.5 Å². The zero-order valence-corrected chi connectivity index (χ0v) is 16.6. The van der Waals surface area contributed by atoms with Crippen molar-refractivity contribution >= 4 is 5.91 Å². The van der Waals surface area contributed by atoms with E-state index in [0.29, 0.717) is 17.7 Å². The van der Waals surface area contributed by atoms with E-state index in [1.165, 1.54) is 10.7 Å². The minimum absolute atomic E-state index is 0.0202. The number of likely N-dealkylation sites (N-methyl/N-ethyl adjacent to an activating group) is 1. The average Bonchev–Trinajstić information content (AvgIpc) is 2.69. The van der Waals surface area contributed by atoms with Gasteiger partial charge in [-0.25, -0.2) is 4.68 Å². The van der Waals surface area contributed by atoms with Crippen LogP contribution in [0.5, 0.6) is 0 Å². The van der Waals surface area contributed by atoms with Gasteiger partial charge in [0.15, 0.2) is 0 Å². The van der Waals surface area contributed by atoms with Crippen LogP contribution >= 0.6 is 0 Å². The van der Waals surface area contributed by atoms with E-state index in [0.717, 1.165) is 16.8 Å². The standard InChI is InChI=1S/C22H24N4O2/c1-15-11-12-23-19(13-15)14-16(2)25(3)22(28)18-7-5-17(6-8-18)20-9-10-21(27)26(4)24-20/h5-13,16H,14H2,1-4H3/t16-/m1/s1. The lowest BCUT2D eigenvalue weighted by atomic mass is 10.1. The SMILES string of the molecule is Cc1ccnc(C[C@@H](C)N(C)C(=O)c2ccc(-c3ccc(=O)n(C)n3)cc2)c1. The molecule has 0 N–H and O–H groups in total. The van der Waals surface area contributed by atoms with Crippen LogP contribution in [-0.4, -0.2) is 38.7 Å². The first-order chi connectivity index (χ1) is 13.3. The van der Waals surface area contributed by atoms with Gasteiger partial charge in [-0.05, 0) is 49.7 Å². The summed E-state index contributed by atoms with van der Waals surface area (Å²) in [6, 6.07) is 14.5. The van der Waals surface area contributed by atoms with Crippen molar-refractivity contribution in [3.8, 4) is 11.3 Å². The van der Waals surface area contributed by atoms with Crippen LogP contribution in [0.3, 0.4) is 0 Å². The Kier molecular flexibility index (Phi) is 5.68. The van der Waals surface area contributed by atoms with E-state index >= 15 is 0 Å². The first kappa shape index (κ1) is 19.5. The van der Waals surface area contributed by atoms with Gasteiger partial charge >= 0.3 is 0 Å². The Labute approximate surface area is 164 Å². The molecule has 144 valence electrons. The highest BCUT2D eigenvalue weighted by Gasteiger charge is 2.18. The molecule has 1 amide bonds. The molecule has 0 radical (unpaired) electrons. The van der Waals surface area contributed by atoms with Gasteiger partial charge in [-0.1, -0.05) is 12.1 Å². The maximum absolute atomic E-state index is 12.8. The van der Waals surface area contributed by atoms with Gasteiger partial charge in [0.05, 0.1) is 5.69 Å². The number of nitrogens with zero attached hydrogens (tertiary/aromatic N) is 4. The molecule has 0 aliphatic carbocycles. The minimum atomic E-state index is -0.158. The number of carbonyl (C=O) groups is 1. The Morgan fingerprint density at radius 1 is 1.14 bits per heavy atom. The minimum Gasteiger partial charge on any atom is -0.339 e. The normalized spacial score (nSPS) is 11.9. The van der Waals surface area contributed by atoms with Crippen molar-refractivity contribution in [2.75, 3.05) is 7.05 Å². The smallest absolute Gasteiger partial charge is 0.266 e. The van der Waals surface area contributed by atoms with Gasteiger partial charge < -0.3 is 4.90 Å². The summed E-state index contributed by atoms with van der Waals surface area (Å²) in [5, 5.41) is 4.24. The Morgan fingerprint density at radius 3 is 2.50 bits per heavy atom. The first-order valence-corrected chi connectivity index (χ1v) is 9.18. The van der Waals surface area contributed by atoms with E-state index in [1.807, 2.05) is 45.2 Å². The summed E-state index contributed by atoms with van der Waals surface area (Å²) >= 11 is 0. The van der Waals surface area contributed by atoms with E-state index in [9.17, 15) is 9.59 Å². The highest BCUT2D eigenvalue weighted by molar-refractivity contribution is 5.94. The predicted molar refractivity (Wildman–Crippen MR) is 109 cm³/mol. The Morgan fingerprint density at radius 2 is 1.86 bits per heavy atom. The molecule has 0 unspecified atom stereocenters. The highest BCUT2D eigenvalue weighted by Crippen LogP contribution is 2.18. The van der Waals surface area contributed by atoms with Crippen LogP contribution in [0.15, 0.2) is 59.5 Å². The van der Waals surface area contributed by atoms with Crippen molar-refractivity contribution in [2.24, 2.45) is 7.05 Å². The van der Waals surface area contributed by atoms with E-state index in [-0.39, 0.29) is 17.5 Å². The molecule has 6 nitrogen and oxygen atoms in total. The molecule has 1 aromatic carbocycles. The van der Waals surface area contributed by atoms with Gasteiger partial charge in [-0.2, -0.15) is 5.10 Å². The molecule has 3 rings (SSSR count). The number of hydrogen-bond acceptors (Lipinski definition) is 4. The third-order valence-electron chi connectivity index (χ3n) is 4.85. The van der Waals surface area contributed by atoms with E-state index in [1.54, 1.807) is 36.3 Å².